The highest BCUT2D eigenvalue weighted by Gasteiger charge is 2.22. The van der Waals surface area contributed by atoms with Crippen molar-refractivity contribution in [3.63, 3.8) is 0 Å². The minimum absolute atomic E-state index is 0.346. The zero-order chi connectivity index (χ0) is 18.4. The molecule has 1 aliphatic heterocycles. The van der Waals surface area contributed by atoms with Gasteiger partial charge in [0, 0.05) is 38.9 Å². The molecule has 0 saturated carbocycles. The fourth-order valence-electron chi connectivity index (χ4n) is 3.29. The average Bonchev–Trinajstić information content (AvgIpc) is 3.06. The van der Waals surface area contributed by atoms with Crippen LogP contribution in [0.5, 0.6) is 0 Å². The van der Waals surface area contributed by atoms with Crippen molar-refractivity contribution in [1.82, 2.24) is 20.4 Å². The fraction of sp³-hybridized carbons (Fsp3) is 0.474. The molecule has 7 heteroatoms. The molecule has 2 N–H and O–H groups in total. The van der Waals surface area contributed by atoms with Crippen LogP contribution in [-0.2, 0) is 6.54 Å². The standard InChI is InChI=1S/C19H27ClN6/c1-15-12-23-26(13-15)11-9-22-19(21-2)24-16-6-5-10-25(14-16)18-8-4-3-7-17(18)20/h3-4,7-8,12-13,16H,5-6,9-11,14H2,1-2H3,(H2,21,22,24). The molecule has 1 aromatic heterocycles. The predicted octanol–water partition coefficient (Wildman–Crippen LogP) is 2.68. The molecule has 0 aliphatic carbocycles. The number of guanidine groups is 1. The summed E-state index contributed by atoms with van der Waals surface area (Å²) in [5, 5.41) is 12.0. The van der Waals surface area contributed by atoms with E-state index >= 15 is 0 Å². The normalized spacial score (nSPS) is 18.0. The first kappa shape index (κ1) is 18.6. The summed E-state index contributed by atoms with van der Waals surface area (Å²) < 4.78 is 1.94. The summed E-state index contributed by atoms with van der Waals surface area (Å²) in [6.45, 7) is 5.59. The van der Waals surface area contributed by atoms with Crippen LogP contribution in [0.2, 0.25) is 5.02 Å². The van der Waals surface area contributed by atoms with E-state index in [9.17, 15) is 0 Å². The summed E-state index contributed by atoms with van der Waals surface area (Å²) in [4.78, 5) is 6.70. The van der Waals surface area contributed by atoms with E-state index in [2.05, 4.69) is 31.7 Å². The number of aryl methyl sites for hydroxylation is 1. The molecule has 6 nitrogen and oxygen atoms in total. The fourth-order valence-corrected chi connectivity index (χ4v) is 3.54. The van der Waals surface area contributed by atoms with Gasteiger partial charge in [0.25, 0.3) is 0 Å². The third-order valence-electron chi connectivity index (χ3n) is 4.57. The van der Waals surface area contributed by atoms with Crippen molar-refractivity contribution in [1.29, 1.82) is 0 Å². The molecule has 1 atom stereocenters. The van der Waals surface area contributed by atoms with Crippen LogP contribution in [0, 0.1) is 6.92 Å². The van der Waals surface area contributed by atoms with Gasteiger partial charge in [-0.3, -0.25) is 9.67 Å². The van der Waals surface area contributed by atoms with Gasteiger partial charge in [-0.05, 0) is 37.5 Å². The molecule has 140 valence electrons. The first-order valence-corrected chi connectivity index (χ1v) is 9.49. The summed E-state index contributed by atoms with van der Waals surface area (Å²) in [7, 11) is 1.81. The van der Waals surface area contributed by atoms with E-state index < -0.39 is 0 Å². The number of para-hydroxylation sites is 1. The van der Waals surface area contributed by atoms with Gasteiger partial charge in [-0.2, -0.15) is 5.10 Å². The van der Waals surface area contributed by atoms with Crippen LogP contribution in [0.1, 0.15) is 18.4 Å². The number of hydrogen-bond donors (Lipinski definition) is 2. The molecule has 1 saturated heterocycles. The molecule has 0 spiro atoms. The van der Waals surface area contributed by atoms with Crippen molar-refractivity contribution in [2.45, 2.75) is 32.4 Å². The van der Waals surface area contributed by atoms with Crippen molar-refractivity contribution in [3.05, 3.63) is 47.2 Å². The molecule has 1 fully saturated rings. The lowest BCUT2D eigenvalue weighted by Gasteiger charge is -2.35. The molecule has 1 aliphatic rings. The predicted molar refractivity (Wildman–Crippen MR) is 108 cm³/mol. The van der Waals surface area contributed by atoms with Crippen molar-refractivity contribution >= 4 is 23.2 Å². The third kappa shape index (κ3) is 4.91. The molecule has 2 heterocycles. The van der Waals surface area contributed by atoms with Crippen LogP contribution < -0.4 is 15.5 Å². The molecule has 1 aromatic carbocycles. The topological polar surface area (TPSA) is 57.5 Å². The number of halogens is 1. The van der Waals surface area contributed by atoms with Crippen LogP contribution in [0.3, 0.4) is 0 Å². The van der Waals surface area contributed by atoms with Crippen molar-refractivity contribution in [2.75, 3.05) is 31.6 Å². The van der Waals surface area contributed by atoms with Gasteiger partial charge in [0.2, 0.25) is 0 Å². The number of rotatable bonds is 5. The Bertz CT molecular complexity index is 741. The van der Waals surface area contributed by atoms with Gasteiger partial charge in [0.1, 0.15) is 0 Å². The Morgan fingerprint density at radius 3 is 2.96 bits per heavy atom. The third-order valence-corrected chi connectivity index (χ3v) is 4.89. The molecular weight excluding hydrogens is 348 g/mol. The Balaban J connectivity index is 1.50. The maximum absolute atomic E-state index is 6.36. The smallest absolute Gasteiger partial charge is 0.191 e. The second kappa shape index (κ2) is 8.94. The highest BCUT2D eigenvalue weighted by Crippen LogP contribution is 2.27. The number of aromatic nitrogens is 2. The second-order valence-electron chi connectivity index (χ2n) is 6.66. The molecule has 3 rings (SSSR count). The monoisotopic (exact) mass is 374 g/mol. The number of aliphatic imine (C=N–C) groups is 1. The van der Waals surface area contributed by atoms with Gasteiger partial charge < -0.3 is 15.5 Å². The van der Waals surface area contributed by atoms with Crippen molar-refractivity contribution in [2.24, 2.45) is 4.99 Å². The van der Waals surface area contributed by atoms with Gasteiger partial charge >= 0.3 is 0 Å². The molecular formula is C19H27ClN6. The average molecular weight is 375 g/mol. The minimum Gasteiger partial charge on any atom is -0.368 e. The van der Waals surface area contributed by atoms with Gasteiger partial charge in [-0.1, -0.05) is 23.7 Å². The van der Waals surface area contributed by atoms with E-state index in [1.807, 2.05) is 49.2 Å². The highest BCUT2D eigenvalue weighted by atomic mass is 35.5. The van der Waals surface area contributed by atoms with Gasteiger partial charge in [-0.15, -0.1) is 0 Å². The van der Waals surface area contributed by atoms with E-state index in [0.717, 1.165) is 55.7 Å². The van der Waals surface area contributed by atoms with Crippen LogP contribution in [-0.4, -0.2) is 48.5 Å². The first-order chi connectivity index (χ1) is 12.7. The van der Waals surface area contributed by atoms with E-state index in [0.29, 0.717) is 6.04 Å². The van der Waals surface area contributed by atoms with Crippen LogP contribution in [0.15, 0.2) is 41.7 Å². The Labute approximate surface area is 160 Å². The summed E-state index contributed by atoms with van der Waals surface area (Å²) in [5.41, 5.74) is 2.28. The lowest BCUT2D eigenvalue weighted by atomic mass is 10.0. The summed E-state index contributed by atoms with van der Waals surface area (Å²) in [6, 6.07) is 8.39. The number of nitrogens with one attached hydrogen (secondary N) is 2. The first-order valence-electron chi connectivity index (χ1n) is 9.11. The van der Waals surface area contributed by atoms with E-state index in [-0.39, 0.29) is 0 Å². The minimum atomic E-state index is 0.346. The summed E-state index contributed by atoms with van der Waals surface area (Å²) in [5.74, 6) is 0.833. The van der Waals surface area contributed by atoms with Crippen LogP contribution in [0.4, 0.5) is 5.69 Å². The second-order valence-corrected chi connectivity index (χ2v) is 7.07. The number of anilines is 1. The molecule has 0 amide bonds. The van der Waals surface area contributed by atoms with Gasteiger partial charge in [0.15, 0.2) is 5.96 Å². The quantitative estimate of drug-likeness (QED) is 0.624. The molecule has 2 aromatic rings. The van der Waals surface area contributed by atoms with Crippen molar-refractivity contribution < 1.29 is 0 Å². The maximum Gasteiger partial charge on any atom is 0.191 e. The SMILES string of the molecule is CN=C(NCCn1cc(C)cn1)NC1CCCN(c2ccccc2Cl)C1. The summed E-state index contributed by atoms with van der Waals surface area (Å²) >= 11 is 6.36. The molecule has 1 unspecified atom stereocenters. The Morgan fingerprint density at radius 1 is 1.38 bits per heavy atom. The maximum atomic E-state index is 6.36. The van der Waals surface area contributed by atoms with E-state index in [1.165, 1.54) is 5.56 Å². The Morgan fingerprint density at radius 2 is 2.23 bits per heavy atom. The lowest BCUT2D eigenvalue weighted by Crippen LogP contribution is -2.51. The largest absolute Gasteiger partial charge is 0.368 e. The number of nitrogens with zero attached hydrogens (tertiary/aromatic N) is 4. The molecule has 26 heavy (non-hydrogen) atoms. The zero-order valence-corrected chi connectivity index (χ0v) is 16.2. The van der Waals surface area contributed by atoms with Gasteiger partial charge in [0.05, 0.1) is 23.5 Å². The zero-order valence-electron chi connectivity index (χ0n) is 15.5. The lowest BCUT2D eigenvalue weighted by molar-refractivity contribution is 0.466. The van der Waals surface area contributed by atoms with Crippen molar-refractivity contribution in [3.8, 4) is 0 Å². The number of piperidine rings is 1. The van der Waals surface area contributed by atoms with E-state index in [1.54, 1.807) is 0 Å². The summed E-state index contributed by atoms with van der Waals surface area (Å²) in [6.07, 6.45) is 6.17. The van der Waals surface area contributed by atoms with E-state index in [4.69, 9.17) is 11.6 Å². The highest BCUT2D eigenvalue weighted by molar-refractivity contribution is 6.33. The number of benzene rings is 1. The van der Waals surface area contributed by atoms with Crippen LogP contribution >= 0.6 is 11.6 Å². The Hall–Kier alpha value is -2.21. The van der Waals surface area contributed by atoms with Crippen LogP contribution in [0.25, 0.3) is 0 Å². The molecule has 0 bridgehead atoms. The van der Waals surface area contributed by atoms with Gasteiger partial charge in [-0.25, -0.2) is 0 Å². The Kier molecular flexibility index (Phi) is 6.39. The molecule has 0 radical (unpaired) electrons. The number of hydrogen-bond acceptors (Lipinski definition) is 3.